The molecule has 0 radical (unpaired) electrons. The molecule has 0 fully saturated rings. The Morgan fingerprint density at radius 3 is 2.37 bits per heavy atom. The van der Waals surface area contributed by atoms with E-state index in [1.165, 1.54) is 0 Å². The maximum Gasteiger partial charge on any atom is 1.00 e. The molecule has 0 spiro atoms. The van der Waals surface area contributed by atoms with Crippen molar-refractivity contribution in [1.29, 1.82) is 0 Å². The van der Waals surface area contributed by atoms with Crippen LogP contribution in [-0.2, 0) is 13.9 Å². The number of hydrogen-bond donors (Lipinski definition) is 1. The van der Waals surface area contributed by atoms with Crippen LogP contribution in [0, 0.1) is 5.92 Å². The number of carbonyl (C=O) groups excluding carboxylic acids is 1. The number of nitrogens with one attached hydrogen (secondary N) is 1. The zero-order valence-corrected chi connectivity index (χ0v) is 23.9. The normalized spacial score (nSPS) is 11.9. The average Bonchev–Trinajstić information content (AvgIpc) is 2.62. The molecule has 160 valence electrons. The first-order valence-corrected chi connectivity index (χ1v) is 11.4. The van der Waals surface area contributed by atoms with Crippen LogP contribution in [0.1, 0.15) is 70.9 Å². The predicted molar refractivity (Wildman–Crippen MR) is 105 cm³/mol. The van der Waals surface area contributed by atoms with Crippen molar-refractivity contribution in [3.63, 3.8) is 0 Å². The monoisotopic (exact) mass is 459 g/mol. The van der Waals surface area contributed by atoms with Crippen LogP contribution in [0.3, 0.4) is 0 Å². The smallest absolute Gasteiger partial charge is 0.790 e. The van der Waals surface area contributed by atoms with Gasteiger partial charge in [-0.15, -0.1) is 0 Å². The van der Waals surface area contributed by atoms with Crippen LogP contribution in [0.4, 0.5) is 0 Å². The van der Waals surface area contributed by atoms with Crippen LogP contribution in [0.5, 0.6) is 5.75 Å². The Hall–Kier alpha value is 0.600. The van der Waals surface area contributed by atoms with Gasteiger partial charge in [0.05, 0.1) is 27.1 Å². The zero-order valence-electron chi connectivity index (χ0n) is 19.0. The van der Waals surface area contributed by atoms with E-state index in [4.69, 9.17) is 4.74 Å². The summed E-state index contributed by atoms with van der Waals surface area (Å²) in [6, 6.07) is 6.24. The van der Waals surface area contributed by atoms with Crippen LogP contribution in [0.25, 0.3) is 0 Å². The number of phosphoric acid groups is 1. The maximum absolute atomic E-state index is 12.3. The third kappa shape index (κ3) is 16.3. The van der Waals surface area contributed by atoms with Gasteiger partial charge in [-0.2, -0.15) is 0 Å². The van der Waals surface area contributed by atoms with Crippen LogP contribution < -0.4 is 79.0 Å². The van der Waals surface area contributed by atoms with E-state index < -0.39 is 20.5 Å². The van der Waals surface area contributed by atoms with Gasteiger partial charge in [0.1, 0.15) is 5.75 Å². The number of ether oxygens (including phenoxy) is 1. The Morgan fingerprint density at radius 1 is 1.10 bits per heavy atom. The van der Waals surface area contributed by atoms with Crippen LogP contribution >= 0.6 is 7.82 Å². The van der Waals surface area contributed by atoms with Crippen molar-refractivity contribution in [3.05, 3.63) is 29.8 Å². The molecular weight excluding hydrogens is 427 g/mol. The van der Waals surface area contributed by atoms with Gasteiger partial charge < -0.3 is 28.9 Å². The van der Waals surface area contributed by atoms with Gasteiger partial charge in [0.25, 0.3) is 0 Å². The van der Waals surface area contributed by atoms with E-state index >= 15 is 0 Å². The molecule has 0 saturated carbocycles. The maximum atomic E-state index is 12.3. The van der Waals surface area contributed by atoms with Gasteiger partial charge in [-0.05, 0) is 30.0 Å². The van der Waals surface area contributed by atoms with Gasteiger partial charge in [-0.3, -0.25) is 4.79 Å². The van der Waals surface area contributed by atoms with Crippen molar-refractivity contribution in [2.45, 2.75) is 65.3 Å². The number of phosphoric ester groups is 1. The molecule has 0 aliphatic heterocycles. The molecule has 10 heteroatoms. The molecule has 1 amide bonds. The molecular formula is C20H32NNa2O6P. The summed E-state index contributed by atoms with van der Waals surface area (Å²) < 4.78 is 21.0. The van der Waals surface area contributed by atoms with E-state index in [0.717, 1.165) is 32.1 Å². The Bertz CT molecular complexity index is 641. The molecule has 1 unspecified atom stereocenters. The second-order valence-electron chi connectivity index (χ2n) is 7.30. The van der Waals surface area contributed by atoms with E-state index in [-0.39, 0.29) is 65.0 Å². The summed E-state index contributed by atoms with van der Waals surface area (Å²) in [5.41, 5.74) is 0.619. The van der Waals surface area contributed by atoms with E-state index in [1.54, 1.807) is 24.3 Å². The second-order valence-corrected chi connectivity index (χ2v) is 8.46. The number of hydrogen-bond acceptors (Lipinski definition) is 6. The van der Waals surface area contributed by atoms with E-state index in [1.807, 2.05) is 13.8 Å². The SMILES string of the molecule is CCCCCCCC(=O)NC(COP(=O)([O-])[O-])c1cccc(OCC(C)C)c1.[Na+].[Na+]. The summed E-state index contributed by atoms with van der Waals surface area (Å²) in [6.45, 7) is 6.27. The quantitative estimate of drug-likeness (QED) is 0.182. The van der Waals surface area contributed by atoms with Gasteiger partial charge in [-0.1, -0.05) is 58.6 Å². The minimum absolute atomic E-state index is 0. The molecule has 0 aliphatic rings. The van der Waals surface area contributed by atoms with Crippen LogP contribution in [0.2, 0.25) is 0 Å². The van der Waals surface area contributed by atoms with E-state index in [9.17, 15) is 19.1 Å². The molecule has 30 heavy (non-hydrogen) atoms. The number of unbranched alkanes of at least 4 members (excludes halogenated alkanes) is 4. The van der Waals surface area contributed by atoms with Gasteiger partial charge in [0.2, 0.25) is 5.91 Å². The van der Waals surface area contributed by atoms with Gasteiger partial charge in [0.15, 0.2) is 0 Å². The first-order chi connectivity index (χ1) is 13.2. The van der Waals surface area contributed by atoms with Crippen molar-refractivity contribution < 1.29 is 87.5 Å². The molecule has 7 nitrogen and oxygen atoms in total. The topological polar surface area (TPSA) is 111 Å². The minimum Gasteiger partial charge on any atom is -0.790 e. The third-order valence-electron chi connectivity index (χ3n) is 4.09. The van der Waals surface area contributed by atoms with Crippen molar-refractivity contribution in [3.8, 4) is 5.75 Å². The molecule has 1 atom stereocenters. The summed E-state index contributed by atoms with van der Waals surface area (Å²) in [5, 5.41) is 2.77. The third-order valence-corrected chi connectivity index (χ3v) is 4.55. The summed E-state index contributed by atoms with van der Waals surface area (Å²) in [4.78, 5) is 34.0. The largest absolute Gasteiger partial charge is 1.00 e. The number of benzene rings is 1. The van der Waals surface area contributed by atoms with Crippen LogP contribution in [0.15, 0.2) is 24.3 Å². The Kier molecular flexibility index (Phi) is 19.7. The first kappa shape index (κ1) is 32.8. The van der Waals surface area contributed by atoms with E-state index in [2.05, 4.69) is 16.8 Å². The predicted octanol–water partition coefficient (Wildman–Crippen LogP) is -2.91. The van der Waals surface area contributed by atoms with Gasteiger partial charge >= 0.3 is 59.1 Å². The second kappa shape index (κ2) is 18.1. The summed E-state index contributed by atoms with van der Waals surface area (Å²) in [7, 11) is -5.14. The molecule has 0 aliphatic carbocycles. The fraction of sp³-hybridized carbons (Fsp3) is 0.650. The van der Waals surface area contributed by atoms with Gasteiger partial charge in [0, 0.05) is 6.42 Å². The fourth-order valence-corrected chi connectivity index (χ4v) is 2.96. The Labute approximate surface area is 224 Å². The molecule has 0 bridgehead atoms. The van der Waals surface area contributed by atoms with Crippen LogP contribution in [-0.4, -0.2) is 19.1 Å². The zero-order chi connectivity index (χ0) is 21.0. The standard InChI is InChI=1S/C20H34NO6P.2Na/c1-4-5-6-7-8-12-20(22)21-19(15-27-28(23,24)25)17-10-9-11-18(13-17)26-14-16(2)3;;/h9-11,13,16,19H,4-8,12,14-15H2,1-3H3,(H,21,22)(H2,23,24,25);;/q;2*+1/p-2. The van der Waals surface area contributed by atoms with Crippen molar-refractivity contribution in [2.75, 3.05) is 13.2 Å². The van der Waals surface area contributed by atoms with Gasteiger partial charge in [-0.25, -0.2) is 0 Å². The number of rotatable bonds is 14. The summed E-state index contributed by atoms with van der Waals surface area (Å²) in [5.74, 6) is 0.754. The molecule has 0 heterocycles. The minimum atomic E-state index is -5.14. The Morgan fingerprint density at radius 2 is 1.77 bits per heavy atom. The molecule has 1 rings (SSSR count). The molecule has 0 aromatic heterocycles. The molecule has 1 N–H and O–H groups in total. The average molecular weight is 459 g/mol. The Balaban J connectivity index is 0. The fourth-order valence-electron chi connectivity index (χ4n) is 2.63. The summed E-state index contributed by atoms with van der Waals surface area (Å²) in [6.07, 6.45) is 5.43. The summed E-state index contributed by atoms with van der Waals surface area (Å²) >= 11 is 0. The molecule has 1 aromatic carbocycles. The molecule has 0 saturated heterocycles. The van der Waals surface area contributed by atoms with Crippen molar-refractivity contribution in [2.24, 2.45) is 5.92 Å². The number of amides is 1. The van der Waals surface area contributed by atoms with Crippen molar-refractivity contribution in [1.82, 2.24) is 5.32 Å². The van der Waals surface area contributed by atoms with Crippen molar-refractivity contribution >= 4 is 13.7 Å². The molecule has 1 aromatic rings. The van der Waals surface area contributed by atoms with E-state index in [0.29, 0.717) is 30.3 Å². The number of carbonyl (C=O) groups is 1. The first-order valence-electron chi connectivity index (χ1n) is 9.90.